The van der Waals surface area contributed by atoms with E-state index in [4.69, 9.17) is 5.73 Å². The molecule has 94 valence electrons. The quantitative estimate of drug-likeness (QED) is 0.775. The Morgan fingerprint density at radius 2 is 1.81 bits per heavy atom. The van der Waals surface area contributed by atoms with Gasteiger partial charge in [0.2, 0.25) is 5.91 Å². The Morgan fingerprint density at radius 3 is 2.31 bits per heavy atom. The molecule has 0 aliphatic heterocycles. The topological polar surface area (TPSA) is 55.1 Å². The summed E-state index contributed by atoms with van der Waals surface area (Å²) in [5, 5.41) is 2.99. The number of hydrogen-bond donors (Lipinski definition) is 2. The van der Waals surface area contributed by atoms with E-state index in [0.29, 0.717) is 0 Å². The first-order valence-electron chi connectivity index (χ1n) is 6.41. The van der Waals surface area contributed by atoms with Gasteiger partial charge in [-0.25, -0.2) is 0 Å². The SMILES string of the molecule is CC(C)(C)CCNC(=O)C1(N)CCCCC1. The van der Waals surface area contributed by atoms with Crippen LogP contribution in [0.1, 0.15) is 59.3 Å². The Balaban J connectivity index is 2.34. The zero-order valence-electron chi connectivity index (χ0n) is 10.9. The van der Waals surface area contributed by atoms with E-state index in [0.717, 1.165) is 38.6 Å². The summed E-state index contributed by atoms with van der Waals surface area (Å²) in [5.41, 5.74) is 5.82. The van der Waals surface area contributed by atoms with Crippen molar-refractivity contribution in [2.75, 3.05) is 6.54 Å². The highest BCUT2D eigenvalue weighted by atomic mass is 16.2. The molecule has 16 heavy (non-hydrogen) atoms. The van der Waals surface area contributed by atoms with Crippen LogP contribution < -0.4 is 11.1 Å². The highest BCUT2D eigenvalue weighted by molar-refractivity contribution is 5.86. The van der Waals surface area contributed by atoms with Crippen LogP contribution in [0, 0.1) is 5.41 Å². The fourth-order valence-corrected chi connectivity index (χ4v) is 2.14. The van der Waals surface area contributed by atoms with Gasteiger partial charge in [-0.15, -0.1) is 0 Å². The van der Waals surface area contributed by atoms with Crippen LogP contribution in [0.15, 0.2) is 0 Å². The van der Waals surface area contributed by atoms with Crippen molar-refractivity contribution in [2.24, 2.45) is 11.1 Å². The molecule has 3 heteroatoms. The minimum Gasteiger partial charge on any atom is -0.354 e. The fraction of sp³-hybridized carbons (Fsp3) is 0.923. The molecule has 0 unspecified atom stereocenters. The van der Waals surface area contributed by atoms with Crippen molar-refractivity contribution in [3.63, 3.8) is 0 Å². The van der Waals surface area contributed by atoms with E-state index in [1.165, 1.54) is 6.42 Å². The molecule has 0 atom stereocenters. The van der Waals surface area contributed by atoms with Gasteiger partial charge in [-0.2, -0.15) is 0 Å². The summed E-state index contributed by atoms with van der Waals surface area (Å²) in [5.74, 6) is 0.0523. The van der Waals surface area contributed by atoms with Crippen LogP contribution in [0.2, 0.25) is 0 Å². The van der Waals surface area contributed by atoms with Gasteiger partial charge in [0.25, 0.3) is 0 Å². The highest BCUT2D eigenvalue weighted by Gasteiger charge is 2.34. The Morgan fingerprint density at radius 1 is 1.25 bits per heavy atom. The fourth-order valence-electron chi connectivity index (χ4n) is 2.14. The Kier molecular flexibility index (Phi) is 4.36. The molecule has 1 rings (SSSR count). The smallest absolute Gasteiger partial charge is 0.240 e. The van der Waals surface area contributed by atoms with Crippen LogP contribution in [0.25, 0.3) is 0 Å². The second-order valence-electron chi connectivity index (χ2n) is 6.28. The maximum atomic E-state index is 12.0. The first kappa shape index (κ1) is 13.5. The summed E-state index contributed by atoms with van der Waals surface area (Å²) in [6, 6.07) is 0. The van der Waals surface area contributed by atoms with Gasteiger partial charge >= 0.3 is 0 Å². The number of nitrogens with one attached hydrogen (secondary N) is 1. The van der Waals surface area contributed by atoms with Crippen molar-refractivity contribution in [3.05, 3.63) is 0 Å². The van der Waals surface area contributed by atoms with Gasteiger partial charge in [-0.3, -0.25) is 4.79 Å². The number of carbonyl (C=O) groups excluding carboxylic acids is 1. The molecule has 0 aromatic rings. The second-order valence-corrected chi connectivity index (χ2v) is 6.28. The summed E-state index contributed by atoms with van der Waals surface area (Å²) >= 11 is 0. The summed E-state index contributed by atoms with van der Waals surface area (Å²) < 4.78 is 0. The van der Waals surface area contributed by atoms with Crippen LogP contribution in [0.4, 0.5) is 0 Å². The lowest BCUT2D eigenvalue weighted by atomic mass is 9.82. The lowest BCUT2D eigenvalue weighted by molar-refractivity contribution is -0.127. The van der Waals surface area contributed by atoms with Crippen molar-refractivity contribution in [1.82, 2.24) is 5.32 Å². The summed E-state index contributed by atoms with van der Waals surface area (Å²) in [6.45, 7) is 7.27. The van der Waals surface area contributed by atoms with Crippen LogP contribution in [-0.2, 0) is 4.79 Å². The predicted octanol–water partition coefficient (Wildman–Crippen LogP) is 2.20. The van der Waals surface area contributed by atoms with Crippen molar-refractivity contribution < 1.29 is 4.79 Å². The number of rotatable bonds is 3. The van der Waals surface area contributed by atoms with Crippen LogP contribution in [0.5, 0.6) is 0 Å². The molecular weight excluding hydrogens is 200 g/mol. The van der Waals surface area contributed by atoms with Crippen LogP contribution >= 0.6 is 0 Å². The molecule has 1 fully saturated rings. The minimum atomic E-state index is -0.587. The van der Waals surface area contributed by atoms with E-state index in [1.807, 2.05) is 0 Å². The molecule has 1 amide bonds. The Bertz CT molecular complexity index is 237. The molecule has 1 saturated carbocycles. The molecule has 1 aliphatic carbocycles. The monoisotopic (exact) mass is 226 g/mol. The lowest BCUT2D eigenvalue weighted by Gasteiger charge is -2.32. The largest absolute Gasteiger partial charge is 0.354 e. The first-order valence-corrected chi connectivity index (χ1v) is 6.41. The third kappa shape index (κ3) is 4.12. The van der Waals surface area contributed by atoms with Crippen molar-refractivity contribution in [2.45, 2.75) is 64.8 Å². The van der Waals surface area contributed by atoms with Crippen molar-refractivity contribution >= 4 is 5.91 Å². The first-order chi connectivity index (χ1) is 7.33. The second kappa shape index (κ2) is 5.17. The molecule has 0 saturated heterocycles. The number of hydrogen-bond acceptors (Lipinski definition) is 2. The maximum Gasteiger partial charge on any atom is 0.240 e. The molecule has 0 radical (unpaired) electrons. The van der Waals surface area contributed by atoms with Gasteiger partial charge < -0.3 is 11.1 Å². The molecule has 0 aromatic heterocycles. The molecule has 1 aliphatic rings. The number of carbonyl (C=O) groups is 1. The van der Waals surface area contributed by atoms with Crippen molar-refractivity contribution in [3.8, 4) is 0 Å². The summed E-state index contributed by atoms with van der Waals surface area (Å²) in [4.78, 5) is 12.0. The van der Waals surface area contributed by atoms with Crippen LogP contribution in [-0.4, -0.2) is 18.0 Å². The number of nitrogens with two attached hydrogens (primary N) is 1. The summed E-state index contributed by atoms with van der Waals surface area (Å²) in [7, 11) is 0. The van der Waals surface area contributed by atoms with Gasteiger partial charge in [0.1, 0.15) is 0 Å². The molecule has 0 aromatic carbocycles. The molecule has 0 heterocycles. The Hall–Kier alpha value is -0.570. The molecule has 0 spiro atoms. The van der Waals surface area contributed by atoms with E-state index in [2.05, 4.69) is 26.1 Å². The van der Waals surface area contributed by atoms with Crippen LogP contribution in [0.3, 0.4) is 0 Å². The van der Waals surface area contributed by atoms with E-state index in [1.54, 1.807) is 0 Å². The number of amides is 1. The third-order valence-electron chi connectivity index (χ3n) is 3.36. The van der Waals surface area contributed by atoms with Gasteiger partial charge in [-0.1, -0.05) is 40.0 Å². The lowest BCUT2D eigenvalue weighted by Crippen LogP contribution is -2.55. The average Bonchev–Trinajstić information content (AvgIpc) is 2.16. The average molecular weight is 226 g/mol. The van der Waals surface area contributed by atoms with Gasteiger partial charge in [-0.05, 0) is 24.7 Å². The highest BCUT2D eigenvalue weighted by Crippen LogP contribution is 2.26. The standard InChI is InChI=1S/C13H26N2O/c1-12(2,3)9-10-15-11(16)13(14)7-5-4-6-8-13/h4-10,14H2,1-3H3,(H,15,16). The molecular formula is C13H26N2O. The van der Waals surface area contributed by atoms with E-state index in [-0.39, 0.29) is 11.3 Å². The van der Waals surface area contributed by atoms with E-state index in [9.17, 15) is 4.79 Å². The van der Waals surface area contributed by atoms with Gasteiger partial charge in [0.15, 0.2) is 0 Å². The van der Waals surface area contributed by atoms with Gasteiger partial charge in [0, 0.05) is 6.54 Å². The van der Waals surface area contributed by atoms with Crippen molar-refractivity contribution in [1.29, 1.82) is 0 Å². The Labute approximate surface area is 99.2 Å². The molecule has 0 bridgehead atoms. The van der Waals surface area contributed by atoms with Gasteiger partial charge in [0.05, 0.1) is 5.54 Å². The zero-order valence-corrected chi connectivity index (χ0v) is 10.9. The maximum absolute atomic E-state index is 12.0. The minimum absolute atomic E-state index is 0.0523. The normalized spacial score (nSPS) is 20.5. The molecule has 3 nitrogen and oxygen atoms in total. The predicted molar refractivity (Wildman–Crippen MR) is 67.1 cm³/mol. The zero-order chi connectivity index (χ0) is 12.2. The van der Waals surface area contributed by atoms with E-state index < -0.39 is 5.54 Å². The van der Waals surface area contributed by atoms with E-state index >= 15 is 0 Å². The molecule has 3 N–H and O–H groups in total. The third-order valence-corrected chi connectivity index (χ3v) is 3.36. The summed E-state index contributed by atoms with van der Waals surface area (Å²) in [6.07, 6.45) is 6.07.